The van der Waals surface area contributed by atoms with Gasteiger partial charge >= 0.3 is 5.51 Å². The van der Waals surface area contributed by atoms with Crippen LogP contribution in [-0.2, 0) is 0 Å². The van der Waals surface area contributed by atoms with E-state index in [1.54, 1.807) is 6.07 Å². The maximum Gasteiger partial charge on any atom is 0.441 e. The number of benzene rings is 1. The molecule has 2 nitrogen and oxygen atoms in total. The fraction of sp³-hybridized carbons (Fsp3) is 0.455. The molecular weight excluding hydrogens is 289 g/mol. The van der Waals surface area contributed by atoms with E-state index in [1.807, 2.05) is 0 Å². The van der Waals surface area contributed by atoms with Gasteiger partial charge in [-0.1, -0.05) is 11.6 Å². The first-order chi connectivity index (χ1) is 8.29. The van der Waals surface area contributed by atoms with E-state index >= 15 is 0 Å². The Kier molecular flexibility index (Phi) is 5.62. The Morgan fingerprint density at radius 3 is 2.67 bits per heavy atom. The molecular formula is C11H12ClF3O2S. The summed E-state index contributed by atoms with van der Waals surface area (Å²) < 4.78 is 40.9. The molecule has 0 unspecified atom stereocenters. The summed E-state index contributed by atoms with van der Waals surface area (Å²) in [5.74, 6) is 0.142. The van der Waals surface area contributed by atoms with E-state index in [-0.39, 0.29) is 24.1 Å². The minimum absolute atomic E-state index is 0.0917. The van der Waals surface area contributed by atoms with Gasteiger partial charge in [-0.15, -0.1) is 0 Å². The summed E-state index contributed by atoms with van der Waals surface area (Å²) in [4.78, 5) is 0. The van der Waals surface area contributed by atoms with Crippen LogP contribution in [0.2, 0.25) is 5.02 Å². The lowest BCUT2D eigenvalue weighted by atomic mass is 10.1. The normalized spacial score (nSPS) is 13.4. The van der Waals surface area contributed by atoms with Crippen molar-refractivity contribution in [2.24, 2.45) is 0 Å². The molecule has 18 heavy (non-hydrogen) atoms. The van der Waals surface area contributed by atoms with Crippen molar-refractivity contribution < 1.29 is 23.0 Å². The molecule has 0 heterocycles. The van der Waals surface area contributed by atoms with Gasteiger partial charge in [-0.05, 0) is 36.9 Å². The third-order valence-electron chi connectivity index (χ3n) is 2.03. The fourth-order valence-corrected chi connectivity index (χ4v) is 1.86. The van der Waals surface area contributed by atoms with Crippen molar-refractivity contribution in [1.29, 1.82) is 0 Å². The summed E-state index contributed by atoms with van der Waals surface area (Å²) in [7, 11) is 0. The summed E-state index contributed by atoms with van der Waals surface area (Å²) >= 11 is 5.62. The van der Waals surface area contributed by atoms with Crippen LogP contribution >= 0.6 is 23.4 Å². The van der Waals surface area contributed by atoms with Crippen molar-refractivity contribution >= 4 is 23.4 Å². The number of aliphatic hydroxyl groups is 1. The number of aliphatic hydroxyl groups excluding tert-OH is 1. The van der Waals surface area contributed by atoms with E-state index in [2.05, 4.69) is 0 Å². The maximum absolute atomic E-state index is 11.9. The molecule has 7 heteroatoms. The first kappa shape index (κ1) is 15.5. The van der Waals surface area contributed by atoms with E-state index in [9.17, 15) is 18.3 Å². The molecule has 0 fully saturated rings. The van der Waals surface area contributed by atoms with Gasteiger partial charge in [0.25, 0.3) is 0 Å². The molecule has 1 N–H and O–H groups in total. The number of thioether (sulfide) groups is 1. The molecule has 1 atom stereocenters. The van der Waals surface area contributed by atoms with Crippen LogP contribution in [0, 0.1) is 0 Å². The van der Waals surface area contributed by atoms with Crippen molar-refractivity contribution in [1.82, 2.24) is 0 Å². The number of hydrogen-bond acceptors (Lipinski definition) is 3. The van der Waals surface area contributed by atoms with Crippen LogP contribution in [0.4, 0.5) is 13.2 Å². The number of alkyl halides is 3. The van der Waals surface area contributed by atoms with Crippen molar-refractivity contribution in [2.75, 3.05) is 12.4 Å². The first-order valence-electron chi connectivity index (χ1n) is 5.10. The third-order valence-corrected chi connectivity index (χ3v) is 2.96. The van der Waals surface area contributed by atoms with Gasteiger partial charge in [-0.3, -0.25) is 0 Å². The maximum atomic E-state index is 11.9. The monoisotopic (exact) mass is 300 g/mol. The van der Waals surface area contributed by atoms with Gasteiger partial charge in [-0.25, -0.2) is 0 Å². The Bertz CT molecular complexity index is 396. The van der Waals surface area contributed by atoms with E-state index in [0.717, 1.165) is 0 Å². The lowest BCUT2D eigenvalue weighted by Crippen LogP contribution is -2.08. The molecule has 0 aromatic heterocycles. The van der Waals surface area contributed by atoms with Crippen LogP contribution in [0.3, 0.4) is 0 Å². The Labute approximate surface area is 112 Å². The van der Waals surface area contributed by atoms with E-state index in [0.29, 0.717) is 16.3 Å². The second-order valence-corrected chi connectivity index (χ2v) is 5.10. The topological polar surface area (TPSA) is 29.5 Å². The molecule has 102 valence electrons. The number of ether oxygens (including phenoxy) is 1. The molecule has 1 aromatic carbocycles. The van der Waals surface area contributed by atoms with Gasteiger partial charge < -0.3 is 9.84 Å². The zero-order chi connectivity index (χ0) is 13.8. The highest BCUT2D eigenvalue weighted by Crippen LogP contribution is 2.31. The molecule has 0 aliphatic rings. The molecule has 0 saturated heterocycles. The fourth-order valence-electron chi connectivity index (χ4n) is 1.29. The highest BCUT2D eigenvalue weighted by atomic mass is 35.5. The van der Waals surface area contributed by atoms with Crippen molar-refractivity contribution in [3.63, 3.8) is 0 Å². The second kappa shape index (κ2) is 6.54. The van der Waals surface area contributed by atoms with Crippen molar-refractivity contribution in [3.05, 3.63) is 28.8 Å². The average Bonchev–Trinajstić information content (AvgIpc) is 2.24. The number of hydrogen-bond donors (Lipinski definition) is 1. The minimum Gasteiger partial charge on any atom is -0.492 e. The molecule has 0 amide bonds. The summed E-state index contributed by atoms with van der Waals surface area (Å²) in [5.41, 5.74) is -3.80. The number of rotatable bonds is 5. The quantitative estimate of drug-likeness (QED) is 0.833. The highest BCUT2D eigenvalue weighted by Gasteiger charge is 2.27. The van der Waals surface area contributed by atoms with Crippen molar-refractivity contribution in [2.45, 2.75) is 18.5 Å². The Balaban J connectivity index is 2.57. The van der Waals surface area contributed by atoms with Crippen LogP contribution in [0.5, 0.6) is 5.75 Å². The van der Waals surface area contributed by atoms with Crippen LogP contribution in [0.1, 0.15) is 18.6 Å². The van der Waals surface area contributed by atoms with Crippen LogP contribution < -0.4 is 4.74 Å². The van der Waals surface area contributed by atoms with Gasteiger partial charge in [0.2, 0.25) is 0 Å². The summed E-state index contributed by atoms with van der Waals surface area (Å²) in [5, 5.41) is 9.92. The molecule has 0 radical (unpaired) electrons. The van der Waals surface area contributed by atoms with E-state index in [1.165, 1.54) is 19.1 Å². The van der Waals surface area contributed by atoms with Crippen LogP contribution in [-0.4, -0.2) is 23.0 Å². The molecule has 0 aliphatic heterocycles. The van der Waals surface area contributed by atoms with Crippen LogP contribution in [0.15, 0.2) is 18.2 Å². The lowest BCUT2D eigenvalue weighted by molar-refractivity contribution is -0.0329. The highest BCUT2D eigenvalue weighted by molar-refractivity contribution is 8.00. The van der Waals surface area contributed by atoms with E-state index in [4.69, 9.17) is 16.3 Å². The minimum atomic E-state index is -4.25. The standard InChI is InChI=1S/C11H12ClF3O2S/c1-7(16)9-6-8(12)2-3-10(9)17-4-5-18-11(13,14)15/h2-3,6-7,16H,4-5H2,1H3/t7-/m1/s1. The third kappa shape index (κ3) is 5.37. The average molecular weight is 301 g/mol. The predicted molar refractivity (Wildman–Crippen MR) is 66.1 cm³/mol. The SMILES string of the molecule is C[C@@H](O)c1cc(Cl)ccc1OCCSC(F)(F)F. The predicted octanol–water partition coefficient (Wildman–Crippen LogP) is 4.03. The van der Waals surface area contributed by atoms with Gasteiger partial charge in [-0.2, -0.15) is 13.2 Å². The van der Waals surface area contributed by atoms with Gasteiger partial charge in [0.15, 0.2) is 0 Å². The molecule has 1 aromatic rings. The summed E-state index contributed by atoms with van der Waals surface area (Å²) in [6.07, 6.45) is -0.797. The van der Waals surface area contributed by atoms with Gasteiger partial charge in [0, 0.05) is 16.3 Å². The summed E-state index contributed by atoms with van der Waals surface area (Å²) in [6, 6.07) is 4.61. The first-order valence-corrected chi connectivity index (χ1v) is 6.47. The van der Waals surface area contributed by atoms with Crippen molar-refractivity contribution in [3.8, 4) is 5.75 Å². The zero-order valence-electron chi connectivity index (χ0n) is 9.50. The van der Waals surface area contributed by atoms with E-state index < -0.39 is 11.6 Å². The zero-order valence-corrected chi connectivity index (χ0v) is 11.1. The Hall–Kier alpha value is -0.590. The Morgan fingerprint density at radius 1 is 1.44 bits per heavy atom. The smallest absolute Gasteiger partial charge is 0.441 e. The molecule has 1 rings (SSSR count). The Morgan fingerprint density at radius 2 is 2.11 bits per heavy atom. The molecule has 0 saturated carbocycles. The molecule has 0 spiro atoms. The number of halogens is 4. The molecule has 0 bridgehead atoms. The van der Waals surface area contributed by atoms with Gasteiger partial charge in [0.1, 0.15) is 5.75 Å². The second-order valence-electron chi connectivity index (χ2n) is 3.50. The molecule has 0 aliphatic carbocycles. The van der Waals surface area contributed by atoms with Crippen LogP contribution in [0.25, 0.3) is 0 Å². The van der Waals surface area contributed by atoms with Gasteiger partial charge in [0.05, 0.1) is 12.7 Å². The largest absolute Gasteiger partial charge is 0.492 e. The lowest BCUT2D eigenvalue weighted by Gasteiger charge is -2.14. The summed E-state index contributed by atoms with van der Waals surface area (Å²) in [6.45, 7) is 1.44.